The molecule has 1 aromatic carbocycles. The first-order valence-electron chi connectivity index (χ1n) is 5.41. The summed E-state index contributed by atoms with van der Waals surface area (Å²) in [6.45, 7) is 1.55. The first kappa shape index (κ1) is 12.9. The van der Waals surface area contributed by atoms with Gasteiger partial charge in [-0.15, -0.1) is 0 Å². The summed E-state index contributed by atoms with van der Waals surface area (Å²) in [6.07, 6.45) is 0. The number of aliphatic imine (C=N–C) groups is 1. The fourth-order valence-corrected chi connectivity index (χ4v) is 3.18. The van der Waals surface area contributed by atoms with Crippen molar-refractivity contribution in [2.24, 2.45) is 4.99 Å². The summed E-state index contributed by atoms with van der Waals surface area (Å²) in [6, 6.07) is 6.70. The van der Waals surface area contributed by atoms with Crippen LogP contribution in [0.3, 0.4) is 0 Å². The molecule has 1 aliphatic rings. The number of rotatable bonds is 3. The van der Waals surface area contributed by atoms with E-state index in [1.807, 2.05) is 13.1 Å². The number of nitrogens with zero attached hydrogens (tertiary/aromatic N) is 2. The Bertz CT molecular complexity index is 425. The van der Waals surface area contributed by atoms with Crippen molar-refractivity contribution < 1.29 is 4.39 Å². The SMILES string of the molecule is CN(Cc1cccc(F)c1)C1=NCC(CBr)S1. The van der Waals surface area contributed by atoms with Crippen LogP contribution in [0.15, 0.2) is 29.3 Å². The lowest BCUT2D eigenvalue weighted by Gasteiger charge is -2.18. The van der Waals surface area contributed by atoms with Gasteiger partial charge in [-0.25, -0.2) is 4.39 Å². The first-order chi connectivity index (χ1) is 8.19. The van der Waals surface area contributed by atoms with Crippen LogP contribution in [0.2, 0.25) is 0 Å². The maximum absolute atomic E-state index is 13.1. The molecule has 0 aromatic heterocycles. The number of benzene rings is 1. The van der Waals surface area contributed by atoms with Gasteiger partial charge in [0.05, 0.1) is 6.54 Å². The number of hydrogen-bond donors (Lipinski definition) is 0. The molecule has 0 aliphatic carbocycles. The lowest BCUT2D eigenvalue weighted by molar-refractivity contribution is 0.507. The summed E-state index contributed by atoms with van der Waals surface area (Å²) in [5, 5.41) is 2.53. The van der Waals surface area contributed by atoms with Gasteiger partial charge in [0.1, 0.15) is 5.82 Å². The molecule has 17 heavy (non-hydrogen) atoms. The lowest BCUT2D eigenvalue weighted by Crippen LogP contribution is -2.23. The topological polar surface area (TPSA) is 15.6 Å². The molecule has 0 radical (unpaired) electrons. The molecule has 1 unspecified atom stereocenters. The molecule has 0 amide bonds. The number of alkyl halides is 1. The highest BCUT2D eigenvalue weighted by Gasteiger charge is 2.21. The van der Waals surface area contributed by atoms with Crippen molar-refractivity contribution in [3.05, 3.63) is 35.6 Å². The standard InChI is InChI=1S/C12H14BrFN2S/c1-16(12-15-7-11(6-13)17-12)8-9-3-2-4-10(14)5-9/h2-5,11H,6-8H2,1H3. The van der Waals surface area contributed by atoms with E-state index in [2.05, 4.69) is 25.8 Å². The highest BCUT2D eigenvalue weighted by Crippen LogP contribution is 2.25. The molecule has 0 bridgehead atoms. The molecular formula is C12H14BrFN2S. The quantitative estimate of drug-likeness (QED) is 0.796. The molecule has 1 heterocycles. The van der Waals surface area contributed by atoms with E-state index in [1.54, 1.807) is 23.9 Å². The van der Waals surface area contributed by atoms with Gasteiger partial charge in [0, 0.05) is 24.2 Å². The maximum Gasteiger partial charge on any atom is 0.159 e. The van der Waals surface area contributed by atoms with Crippen LogP contribution in [-0.2, 0) is 6.54 Å². The van der Waals surface area contributed by atoms with Crippen LogP contribution >= 0.6 is 27.7 Å². The second kappa shape index (κ2) is 5.87. The van der Waals surface area contributed by atoms with Gasteiger partial charge in [-0.1, -0.05) is 39.8 Å². The molecule has 1 aliphatic heterocycles. The molecular weight excluding hydrogens is 303 g/mol. The van der Waals surface area contributed by atoms with Crippen LogP contribution in [0.5, 0.6) is 0 Å². The highest BCUT2D eigenvalue weighted by molar-refractivity contribution is 9.09. The predicted octanol–water partition coefficient (Wildman–Crippen LogP) is 3.12. The van der Waals surface area contributed by atoms with Gasteiger partial charge in [0.15, 0.2) is 5.17 Å². The molecule has 0 saturated carbocycles. The Morgan fingerprint density at radius 1 is 1.59 bits per heavy atom. The molecule has 1 aromatic rings. The predicted molar refractivity (Wildman–Crippen MR) is 75.3 cm³/mol. The monoisotopic (exact) mass is 316 g/mol. The largest absolute Gasteiger partial charge is 0.350 e. The van der Waals surface area contributed by atoms with Gasteiger partial charge in [0.25, 0.3) is 0 Å². The minimum atomic E-state index is -0.185. The zero-order valence-corrected chi connectivity index (χ0v) is 12.0. The van der Waals surface area contributed by atoms with E-state index in [0.717, 1.165) is 22.6 Å². The molecule has 0 N–H and O–H groups in total. The van der Waals surface area contributed by atoms with E-state index in [-0.39, 0.29) is 5.82 Å². The Morgan fingerprint density at radius 3 is 3.06 bits per heavy atom. The third-order valence-corrected chi connectivity index (χ3v) is 5.02. The Hall–Kier alpha value is -0.550. The van der Waals surface area contributed by atoms with Gasteiger partial charge in [-0.05, 0) is 17.7 Å². The molecule has 0 fully saturated rings. The number of hydrogen-bond acceptors (Lipinski definition) is 3. The molecule has 2 nitrogen and oxygen atoms in total. The Balaban J connectivity index is 1.96. The second-order valence-electron chi connectivity index (χ2n) is 4.00. The van der Waals surface area contributed by atoms with Crippen LogP contribution in [0, 0.1) is 5.82 Å². The Morgan fingerprint density at radius 2 is 2.41 bits per heavy atom. The van der Waals surface area contributed by atoms with Crippen LogP contribution < -0.4 is 0 Å². The molecule has 5 heteroatoms. The van der Waals surface area contributed by atoms with Gasteiger partial charge < -0.3 is 4.90 Å². The number of amidine groups is 1. The van der Waals surface area contributed by atoms with Gasteiger partial charge in [-0.2, -0.15) is 0 Å². The number of halogens is 2. The maximum atomic E-state index is 13.1. The highest BCUT2D eigenvalue weighted by atomic mass is 79.9. The third kappa shape index (κ3) is 3.45. The normalized spacial score (nSPS) is 19.2. The van der Waals surface area contributed by atoms with Crippen molar-refractivity contribution >= 4 is 32.9 Å². The van der Waals surface area contributed by atoms with Crippen molar-refractivity contribution in [1.82, 2.24) is 4.90 Å². The zero-order chi connectivity index (χ0) is 12.3. The fraction of sp³-hybridized carbons (Fsp3) is 0.417. The van der Waals surface area contributed by atoms with E-state index in [9.17, 15) is 4.39 Å². The summed E-state index contributed by atoms with van der Waals surface area (Å²) in [5.41, 5.74) is 0.970. The summed E-state index contributed by atoms with van der Waals surface area (Å²) in [4.78, 5) is 6.56. The smallest absolute Gasteiger partial charge is 0.159 e. The Labute approximate surface area is 113 Å². The minimum Gasteiger partial charge on any atom is -0.350 e. The van der Waals surface area contributed by atoms with E-state index in [4.69, 9.17) is 0 Å². The number of thioether (sulfide) groups is 1. The summed E-state index contributed by atoms with van der Waals surface area (Å²) in [5.74, 6) is -0.185. The van der Waals surface area contributed by atoms with Crippen molar-refractivity contribution in [2.45, 2.75) is 11.8 Å². The Kier molecular flexibility index (Phi) is 4.45. The summed E-state index contributed by atoms with van der Waals surface area (Å²) in [7, 11) is 1.99. The molecule has 2 rings (SSSR count). The van der Waals surface area contributed by atoms with Crippen LogP contribution in [0.1, 0.15) is 5.56 Å². The molecule has 92 valence electrons. The van der Waals surface area contributed by atoms with Crippen molar-refractivity contribution in [1.29, 1.82) is 0 Å². The minimum absolute atomic E-state index is 0.185. The molecule has 0 spiro atoms. The summed E-state index contributed by atoms with van der Waals surface area (Å²) >= 11 is 5.24. The fourth-order valence-electron chi connectivity index (χ4n) is 1.67. The molecule has 1 atom stereocenters. The third-order valence-electron chi connectivity index (χ3n) is 2.51. The van der Waals surface area contributed by atoms with E-state index in [0.29, 0.717) is 11.8 Å². The van der Waals surface area contributed by atoms with E-state index in [1.165, 1.54) is 6.07 Å². The van der Waals surface area contributed by atoms with Gasteiger partial charge >= 0.3 is 0 Å². The van der Waals surface area contributed by atoms with E-state index < -0.39 is 0 Å². The average Bonchev–Trinajstić information content (AvgIpc) is 2.77. The zero-order valence-electron chi connectivity index (χ0n) is 9.57. The van der Waals surface area contributed by atoms with Crippen LogP contribution in [-0.4, -0.2) is 34.2 Å². The van der Waals surface area contributed by atoms with Crippen LogP contribution in [0.4, 0.5) is 4.39 Å². The van der Waals surface area contributed by atoms with Crippen molar-refractivity contribution in [3.63, 3.8) is 0 Å². The average molecular weight is 317 g/mol. The lowest BCUT2D eigenvalue weighted by atomic mass is 10.2. The van der Waals surface area contributed by atoms with Gasteiger partial charge in [0.2, 0.25) is 0 Å². The van der Waals surface area contributed by atoms with Crippen molar-refractivity contribution in [3.8, 4) is 0 Å². The van der Waals surface area contributed by atoms with Crippen LogP contribution in [0.25, 0.3) is 0 Å². The van der Waals surface area contributed by atoms with Gasteiger partial charge in [-0.3, -0.25) is 4.99 Å². The molecule has 0 saturated heterocycles. The van der Waals surface area contributed by atoms with Crippen molar-refractivity contribution in [2.75, 3.05) is 18.9 Å². The summed E-state index contributed by atoms with van der Waals surface area (Å²) < 4.78 is 13.1. The van der Waals surface area contributed by atoms with E-state index >= 15 is 0 Å². The first-order valence-corrected chi connectivity index (χ1v) is 7.42. The second-order valence-corrected chi connectivity index (χ2v) is 5.92.